The van der Waals surface area contributed by atoms with Crippen LogP contribution in [-0.4, -0.2) is 42.0 Å². The first kappa shape index (κ1) is 22.7. The van der Waals surface area contributed by atoms with Crippen LogP contribution in [0.4, 0.5) is 10.8 Å². The van der Waals surface area contributed by atoms with Gasteiger partial charge in [0.05, 0.1) is 16.3 Å². The van der Waals surface area contributed by atoms with E-state index in [1.807, 2.05) is 0 Å². The number of carbonyl (C=O) groups is 2. The van der Waals surface area contributed by atoms with E-state index >= 15 is 0 Å². The molecule has 168 valence electrons. The van der Waals surface area contributed by atoms with E-state index in [0.717, 1.165) is 16.3 Å². The van der Waals surface area contributed by atoms with Crippen molar-refractivity contribution in [2.45, 2.75) is 17.9 Å². The Morgan fingerprint density at radius 1 is 1.15 bits per heavy atom. The molecule has 0 bridgehead atoms. The van der Waals surface area contributed by atoms with Gasteiger partial charge < -0.3 is 0 Å². The van der Waals surface area contributed by atoms with Gasteiger partial charge in [0.2, 0.25) is 0 Å². The molecule has 2 aromatic carbocycles. The predicted octanol–water partition coefficient (Wildman–Crippen LogP) is 4.11. The molecule has 0 aliphatic carbocycles. The Kier molecular flexibility index (Phi) is 6.31. The number of hydrazone groups is 1. The van der Waals surface area contributed by atoms with Crippen LogP contribution in [0.5, 0.6) is 0 Å². The molecule has 1 atom stereocenters. The van der Waals surface area contributed by atoms with E-state index < -0.39 is 27.9 Å². The molecule has 0 radical (unpaired) electrons. The number of amides is 2. The Balaban J connectivity index is 1.45. The first-order valence-corrected chi connectivity index (χ1v) is 12.1. The molecule has 0 spiro atoms. The van der Waals surface area contributed by atoms with Gasteiger partial charge in [0.1, 0.15) is 0 Å². The molecule has 1 unspecified atom stereocenters. The molecule has 3 aromatic rings. The van der Waals surface area contributed by atoms with Crippen molar-refractivity contribution in [2.24, 2.45) is 15.3 Å². The molecule has 1 aliphatic rings. The van der Waals surface area contributed by atoms with Crippen molar-refractivity contribution in [1.82, 2.24) is 9.99 Å². The SMILES string of the molecule is CC1=NN(C(=O)c2ccc(Cl)cc2)C(=O)C1/N=N/c1ccc(S(=O)(=O)Nc2nccs2)cc1. The molecule has 1 N–H and O–H groups in total. The minimum Gasteiger partial charge on any atom is -0.269 e. The zero-order chi connectivity index (χ0) is 23.6. The Labute approximate surface area is 197 Å². The van der Waals surface area contributed by atoms with Crippen molar-refractivity contribution in [3.63, 3.8) is 0 Å². The number of anilines is 1. The van der Waals surface area contributed by atoms with Gasteiger partial charge in [-0.05, 0) is 55.5 Å². The van der Waals surface area contributed by atoms with Gasteiger partial charge in [-0.2, -0.15) is 20.3 Å². The van der Waals surface area contributed by atoms with Gasteiger partial charge in [0, 0.05) is 22.2 Å². The van der Waals surface area contributed by atoms with Crippen molar-refractivity contribution in [3.05, 3.63) is 70.7 Å². The highest BCUT2D eigenvalue weighted by Crippen LogP contribution is 2.23. The Hall–Kier alpha value is -3.48. The van der Waals surface area contributed by atoms with E-state index in [4.69, 9.17) is 11.6 Å². The Morgan fingerprint density at radius 2 is 1.85 bits per heavy atom. The number of carbonyl (C=O) groups excluding carboxylic acids is 2. The molecule has 10 nitrogen and oxygen atoms in total. The van der Waals surface area contributed by atoms with E-state index in [1.54, 1.807) is 24.4 Å². The number of nitrogens with one attached hydrogen (secondary N) is 1. The topological polar surface area (TPSA) is 134 Å². The Bertz CT molecular complexity index is 1350. The number of hydrogen-bond acceptors (Lipinski definition) is 9. The fourth-order valence-corrected chi connectivity index (χ4v) is 4.73. The van der Waals surface area contributed by atoms with Gasteiger partial charge in [-0.15, -0.1) is 11.3 Å². The van der Waals surface area contributed by atoms with Gasteiger partial charge in [0.25, 0.3) is 21.8 Å². The fourth-order valence-electron chi connectivity index (χ4n) is 2.81. The average Bonchev–Trinajstić information content (AvgIpc) is 3.40. The second-order valence-corrected chi connectivity index (χ2v) is 9.77. The van der Waals surface area contributed by atoms with E-state index in [0.29, 0.717) is 16.4 Å². The first-order chi connectivity index (χ1) is 15.7. The maximum atomic E-state index is 12.7. The quantitative estimate of drug-likeness (QED) is 0.400. The van der Waals surface area contributed by atoms with Crippen molar-refractivity contribution >= 4 is 61.3 Å². The van der Waals surface area contributed by atoms with Gasteiger partial charge in [0.15, 0.2) is 11.2 Å². The van der Waals surface area contributed by atoms with Crippen molar-refractivity contribution in [2.75, 3.05) is 4.72 Å². The number of hydrogen-bond donors (Lipinski definition) is 1. The minimum atomic E-state index is -3.79. The van der Waals surface area contributed by atoms with Crippen LogP contribution in [0.25, 0.3) is 0 Å². The molecule has 2 amide bonds. The molecule has 1 aromatic heterocycles. The molecule has 4 rings (SSSR count). The van der Waals surface area contributed by atoms with Crippen molar-refractivity contribution < 1.29 is 18.0 Å². The van der Waals surface area contributed by atoms with E-state index in [9.17, 15) is 18.0 Å². The van der Waals surface area contributed by atoms with Gasteiger partial charge >= 0.3 is 0 Å². The van der Waals surface area contributed by atoms with Crippen LogP contribution in [0.3, 0.4) is 0 Å². The zero-order valence-corrected chi connectivity index (χ0v) is 19.3. The molecule has 2 heterocycles. The van der Waals surface area contributed by atoms with Crippen LogP contribution in [-0.2, 0) is 14.8 Å². The monoisotopic (exact) mass is 502 g/mol. The highest BCUT2D eigenvalue weighted by Gasteiger charge is 2.38. The molecule has 1 aliphatic heterocycles. The largest absolute Gasteiger partial charge is 0.282 e. The van der Waals surface area contributed by atoms with E-state index in [1.165, 1.54) is 42.6 Å². The van der Waals surface area contributed by atoms with Crippen LogP contribution in [0.15, 0.2) is 80.3 Å². The summed E-state index contributed by atoms with van der Waals surface area (Å²) in [6.45, 7) is 1.57. The fraction of sp³-hybridized carbons (Fsp3) is 0.100. The van der Waals surface area contributed by atoms with Gasteiger partial charge in [-0.25, -0.2) is 13.4 Å². The number of aromatic nitrogens is 1. The van der Waals surface area contributed by atoms with Gasteiger partial charge in [-0.3, -0.25) is 14.3 Å². The second-order valence-electron chi connectivity index (χ2n) is 6.76. The lowest BCUT2D eigenvalue weighted by atomic mass is 10.2. The van der Waals surface area contributed by atoms with E-state index in [-0.39, 0.29) is 15.6 Å². The predicted molar refractivity (Wildman–Crippen MR) is 123 cm³/mol. The Morgan fingerprint density at radius 3 is 2.48 bits per heavy atom. The lowest BCUT2D eigenvalue weighted by Gasteiger charge is -2.10. The normalized spacial score (nSPS) is 16.3. The molecular formula is C20H15ClN6O4S2. The summed E-state index contributed by atoms with van der Waals surface area (Å²) in [4.78, 5) is 29.2. The average molecular weight is 503 g/mol. The van der Waals surface area contributed by atoms with Crippen molar-refractivity contribution in [3.8, 4) is 0 Å². The number of thiazole rings is 1. The summed E-state index contributed by atoms with van der Waals surface area (Å²) < 4.78 is 27.2. The molecule has 33 heavy (non-hydrogen) atoms. The van der Waals surface area contributed by atoms with Crippen LogP contribution >= 0.6 is 22.9 Å². The maximum absolute atomic E-state index is 12.7. The first-order valence-electron chi connectivity index (χ1n) is 9.37. The number of benzene rings is 2. The standard InChI is InChI=1S/C20H15ClN6O4S2/c1-12-17(19(29)27(25-12)18(28)13-2-4-14(21)5-3-13)24-23-15-6-8-16(9-7-15)33(30,31)26-20-22-10-11-32-20/h2-11,17H,1H3,(H,22,26)/b24-23+. The van der Waals surface area contributed by atoms with Crippen LogP contribution < -0.4 is 4.72 Å². The number of sulfonamides is 1. The summed E-state index contributed by atoms with van der Waals surface area (Å²) in [7, 11) is -3.79. The maximum Gasteiger partial charge on any atom is 0.282 e. The molecule has 0 fully saturated rings. The molecule has 0 saturated heterocycles. The molecule has 13 heteroatoms. The summed E-state index contributed by atoms with van der Waals surface area (Å²) in [5.74, 6) is -1.24. The lowest BCUT2D eigenvalue weighted by Crippen LogP contribution is -2.34. The van der Waals surface area contributed by atoms with Gasteiger partial charge in [-0.1, -0.05) is 11.6 Å². The summed E-state index contributed by atoms with van der Waals surface area (Å²) in [6.07, 6.45) is 1.49. The van der Waals surface area contributed by atoms with Crippen LogP contribution in [0.2, 0.25) is 5.02 Å². The molecule has 0 saturated carbocycles. The number of rotatable bonds is 6. The summed E-state index contributed by atoms with van der Waals surface area (Å²) >= 11 is 6.99. The van der Waals surface area contributed by atoms with Crippen LogP contribution in [0.1, 0.15) is 17.3 Å². The number of nitrogens with zero attached hydrogens (tertiary/aromatic N) is 5. The third-order valence-corrected chi connectivity index (χ3v) is 6.89. The zero-order valence-electron chi connectivity index (χ0n) is 16.9. The third-order valence-electron chi connectivity index (χ3n) is 4.47. The second kappa shape index (κ2) is 9.17. The summed E-state index contributed by atoms with van der Waals surface area (Å²) in [5, 5.41) is 15.2. The summed E-state index contributed by atoms with van der Waals surface area (Å²) in [5.41, 5.74) is 0.884. The third kappa shape index (κ3) is 4.97. The number of azo groups is 1. The van der Waals surface area contributed by atoms with Crippen molar-refractivity contribution in [1.29, 1.82) is 0 Å². The number of halogens is 1. The highest BCUT2D eigenvalue weighted by atomic mass is 35.5. The molecular weight excluding hydrogens is 488 g/mol. The number of imide groups is 1. The van der Waals surface area contributed by atoms with Crippen LogP contribution in [0, 0.1) is 0 Å². The lowest BCUT2D eigenvalue weighted by molar-refractivity contribution is -0.127. The smallest absolute Gasteiger partial charge is 0.269 e. The highest BCUT2D eigenvalue weighted by molar-refractivity contribution is 7.93. The minimum absolute atomic E-state index is 0.0195. The van der Waals surface area contributed by atoms with E-state index in [2.05, 4.69) is 25.0 Å². The summed E-state index contributed by atoms with van der Waals surface area (Å²) in [6, 6.07) is 10.6.